The monoisotopic (exact) mass is 372 g/mol. The van der Waals surface area contributed by atoms with E-state index in [0.717, 1.165) is 32.5 Å². The first-order valence-corrected chi connectivity index (χ1v) is 11.3. The number of carboxylic acids is 1. The van der Waals surface area contributed by atoms with Crippen LogP contribution in [0.15, 0.2) is 0 Å². The van der Waals surface area contributed by atoms with E-state index in [1.807, 2.05) is 0 Å². The van der Waals surface area contributed by atoms with Crippen LogP contribution in [0.1, 0.15) is 117 Å². The van der Waals surface area contributed by atoms with Gasteiger partial charge in [0, 0.05) is 19.5 Å². The van der Waals surface area contributed by atoms with Crippen LogP contribution in [-0.4, -0.2) is 30.7 Å². The van der Waals surface area contributed by atoms with Crippen molar-refractivity contribution in [1.82, 2.24) is 5.32 Å². The third-order valence-electron chi connectivity index (χ3n) is 4.57. The Morgan fingerprint density at radius 2 is 1.12 bits per heavy atom. The smallest absolute Gasteiger partial charge is 0.303 e. The summed E-state index contributed by atoms with van der Waals surface area (Å²) in [6.45, 7) is 7.05. The number of nitrogens with one attached hydrogen (secondary N) is 1. The van der Waals surface area contributed by atoms with Crippen molar-refractivity contribution in [2.75, 3.05) is 19.6 Å². The molecule has 0 aliphatic carbocycles. The molecule has 4 N–H and O–H groups in total. The highest BCUT2D eigenvalue weighted by atomic mass is 16.4. The van der Waals surface area contributed by atoms with Gasteiger partial charge < -0.3 is 16.2 Å². The number of aliphatic carboxylic acids is 1. The average Bonchev–Trinajstić information content (AvgIpc) is 2.63. The van der Waals surface area contributed by atoms with Gasteiger partial charge in [-0.05, 0) is 13.0 Å². The summed E-state index contributed by atoms with van der Waals surface area (Å²) in [5.74, 6) is -0.653. The van der Waals surface area contributed by atoms with Crippen molar-refractivity contribution < 1.29 is 9.90 Å². The largest absolute Gasteiger partial charge is 0.481 e. The fraction of sp³-hybridized carbons (Fsp3) is 0.955. The maximum Gasteiger partial charge on any atom is 0.303 e. The molecule has 0 aliphatic rings. The number of carbonyl (C=O) groups is 1. The van der Waals surface area contributed by atoms with E-state index >= 15 is 0 Å². The summed E-state index contributed by atoms with van der Waals surface area (Å²) >= 11 is 0. The van der Waals surface area contributed by atoms with Crippen LogP contribution >= 0.6 is 0 Å². The number of nitrogens with two attached hydrogens (primary N) is 1. The van der Waals surface area contributed by atoms with E-state index in [0.29, 0.717) is 6.42 Å². The second kappa shape index (κ2) is 26.6. The molecule has 0 aromatic heterocycles. The van der Waals surface area contributed by atoms with E-state index in [1.54, 1.807) is 0 Å². The number of rotatable bonds is 19. The van der Waals surface area contributed by atoms with Crippen LogP contribution in [0.5, 0.6) is 0 Å². The molecule has 0 saturated heterocycles. The Hall–Kier alpha value is -0.610. The summed E-state index contributed by atoms with van der Waals surface area (Å²) in [5, 5.41) is 11.6. The lowest BCUT2D eigenvalue weighted by Gasteiger charge is -2.03. The van der Waals surface area contributed by atoms with Gasteiger partial charge in [-0.25, -0.2) is 0 Å². The molecule has 158 valence electrons. The molecule has 0 bridgehead atoms. The molecular formula is C22H48N2O2. The van der Waals surface area contributed by atoms with Crippen LogP contribution in [0.3, 0.4) is 0 Å². The first kappa shape index (κ1) is 27.6. The van der Waals surface area contributed by atoms with Gasteiger partial charge in [0.1, 0.15) is 0 Å². The number of hydrogen-bond donors (Lipinski definition) is 3. The van der Waals surface area contributed by atoms with E-state index < -0.39 is 5.97 Å². The second-order valence-electron chi connectivity index (χ2n) is 7.24. The average molecular weight is 373 g/mol. The maximum atomic E-state index is 10.3. The van der Waals surface area contributed by atoms with Crippen LogP contribution in [0, 0.1) is 0 Å². The minimum absolute atomic E-state index is 0.345. The van der Waals surface area contributed by atoms with Gasteiger partial charge in [0.25, 0.3) is 0 Å². The Morgan fingerprint density at radius 3 is 1.38 bits per heavy atom. The molecule has 4 nitrogen and oxygen atoms in total. The highest BCUT2D eigenvalue weighted by molar-refractivity contribution is 5.66. The minimum Gasteiger partial charge on any atom is -0.481 e. The van der Waals surface area contributed by atoms with Gasteiger partial charge in [0.2, 0.25) is 0 Å². The lowest BCUT2D eigenvalue weighted by atomic mass is 10.0. The number of likely N-dealkylation sites (N-methyl/N-ethyl adjacent to an activating group) is 1. The van der Waals surface area contributed by atoms with E-state index in [1.165, 1.54) is 83.5 Å². The molecule has 0 heterocycles. The highest BCUT2D eigenvalue weighted by Gasteiger charge is 1.97. The van der Waals surface area contributed by atoms with Crippen LogP contribution in [-0.2, 0) is 4.79 Å². The van der Waals surface area contributed by atoms with Crippen molar-refractivity contribution in [1.29, 1.82) is 0 Å². The van der Waals surface area contributed by atoms with E-state index in [9.17, 15) is 4.79 Å². The van der Waals surface area contributed by atoms with Gasteiger partial charge in [0.05, 0.1) is 0 Å². The van der Waals surface area contributed by atoms with Crippen molar-refractivity contribution in [3.8, 4) is 0 Å². The molecule has 0 amide bonds. The summed E-state index contributed by atoms with van der Waals surface area (Å²) in [7, 11) is 0. The molecule has 26 heavy (non-hydrogen) atoms. The number of hydrogen-bond acceptors (Lipinski definition) is 3. The summed E-state index contributed by atoms with van der Waals surface area (Å²) in [5.41, 5.74) is 5.15. The SMILES string of the molecule is CCCCCCCCCCCCCCCCCC(=O)O.CCNCCN. The van der Waals surface area contributed by atoms with Gasteiger partial charge in [-0.2, -0.15) is 0 Å². The molecule has 0 radical (unpaired) electrons. The molecule has 0 aliphatic heterocycles. The van der Waals surface area contributed by atoms with Crippen LogP contribution in [0.4, 0.5) is 0 Å². The van der Waals surface area contributed by atoms with Crippen LogP contribution < -0.4 is 11.1 Å². The Kier molecular flexibility index (Phi) is 28.3. The Bertz CT molecular complexity index is 257. The zero-order valence-corrected chi connectivity index (χ0v) is 17.9. The Morgan fingerprint density at radius 1 is 0.731 bits per heavy atom. The number of carboxylic acid groups (broad SMARTS) is 1. The molecular weight excluding hydrogens is 324 g/mol. The van der Waals surface area contributed by atoms with E-state index in [4.69, 9.17) is 10.8 Å². The first-order chi connectivity index (χ1) is 12.7. The number of unbranched alkanes of at least 4 members (excludes halogenated alkanes) is 14. The van der Waals surface area contributed by atoms with Crippen molar-refractivity contribution in [3.63, 3.8) is 0 Å². The van der Waals surface area contributed by atoms with Crippen molar-refractivity contribution in [2.24, 2.45) is 5.73 Å². The summed E-state index contributed by atoms with van der Waals surface area (Å²) < 4.78 is 0. The standard InChI is InChI=1S/C18H36O2.C4H12N2/c1-2-3-4-5-6-7-8-9-10-11-12-13-14-15-16-17-18(19)20;1-2-6-4-3-5/h2-17H2,1H3,(H,19,20);6H,2-5H2,1H3. The second-order valence-corrected chi connectivity index (χ2v) is 7.24. The lowest BCUT2D eigenvalue weighted by Crippen LogP contribution is -2.21. The predicted octanol–water partition coefficient (Wildman–Crippen LogP) is 5.89. The quantitative estimate of drug-likeness (QED) is 0.247. The van der Waals surface area contributed by atoms with Gasteiger partial charge in [-0.1, -0.05) is 104 Å². The zero-order valence-electron chi connectivity index (χ0n) is 17.9. The van der Waals surface area contributed by atoms with Crippen LogP contribution in [0.2, 0.25) is 0 Å². The van der Waals surface area contributed by atoms with Gasteiger partial charge in [0.15, 0.2) is 0 Å². The molecule has 4 heteroatoms. The fourth-order valence-electron chi connectivity index (χ4n) is 2.93. The summed E-state index contributed by atoms with van der Waals surface area (Å²) in [6, 6.07) is 0. The molecule has 0 rings (SSSR count). The molecule has 0 aromatic carbocycles. The Balaban J connectivity index is 0. The topological polar surface area (TPSA) is 75.3 Å². The third-order valence-corrected chi connectivity index (χ3v) is 4.57. The molecule has 0 atom stereocenters. The molecule has 0 unspecified atom stereocenters. The van der Waals surface area contributed by atoms with Crippen molar-refractivity contribution in [3.05, 3.63) is 0 Å². The minimum atomic E-state index is -0.653. The first-order valence-electron chi connectivity index (χ1n) is 11.3. The molecule has 0 spiro atoms. The van der Waals surface area contributed by atoms with Crippen LogP contribution in [0.25, 0.3) is 0 Å². The molecule has 0 saturated carbocycles. The van der Waals surface area contributed by atoms with Gasteiger partial charge >= 0.3 is 5.97 Å². The Labute approximate surface area is 163 Å². The van der Waals surface area contributed by atoms with Gasteiger partial charge in [-0.15, -0.1) is 0 Å². The molecule has 0 fully saturated rings. The van der Waals surface area contributed by atoms with E-state index in [2.05, 4.69) is 19.2 Å². The highest BCUT2D eigenvalue weighted by Crippen LogP contribution is 2.13. The normalized spacial score (nSPS) is 10.4. The zero-order chi connectivity index (χ0) is 19.7. The van der Waals surface area contributed by atoms with Crippen molar-refractivity contribution >= 4 is 5.97 Å². The third kappa shape index (κ3) is 31.2. The predicted molar refractivity (Wildman–Crippen MR) is 115 cm³/mol. The van der Waals surface area contributed by atoms with Crippen molar-refractivity contribution in [2.45, 2.75) is 117 Å². The maximum absolute atomic E-state index is 10.3. The summed E-state index contributed by atoms with van der Waals surface area (Å²) in [4.78, 5) is 10.3. The van der Waals surface area contributed by atoms with E-state index in [-0.39, 0.29) is 0 Å². The molecule has 0 aromatic rings. The fourth-order valence-corrected chi connectivity index (χ4v) is 2.93. The van der Waals surface area contributed by atoms with Gasteiger partial charge in [-0.3, -0.25) is 4.79 Å². The summed E-state index contributed by atoms with van der Waals surface area (Å²) in [6.07, 6.45) is 20.2. The lowest BCUT2D eigenvalue weighted by molar-refractivity contribution is -0.137.